The monoisotopic (exact) mass is 174 g/mol. The molecule has 0 aliphatic heterocycles. The van der Waals surface area contributed by atoms with Crippen LogP contribution in [0.5, 0.6) is 0 Å². The minimum Gasteiger partial charge on any atom is -0.284 e. The zero-order valence-electron chi connectivity index (χ0n) is 5.87. The molecule has 0 spiro atoms. The number of halogens is 1. The molecule has 0 amide bonds. The molecule has 5 heteroatoms. The molecule has 0 aromatic carbocycles. The van der Waals surface area contributed by atoms with Crippen molar-refractivity contribution in [1.82, 2.24) is 9.55 Å². The summed E-state index contributed by atoms with van der Waals surface area (Å²) in [5, 5.41) is 0. The summed E-state index contributed by atoms with van der Waals surface area (Å²) in [7, 11) is 0. The molecule has 1 aromatic heterocycles. The van der Waals surface area contributed by atoms with Gasteiger partial charge in [0.1, 0.15) is 5.50 Å². The summed E-state index contributed by atoms with van der Waals surface area (Å²) in [6, 6.07) is 1.25. The van der Waals surface area contributed by atoms with Crippen molar-refractivity contribution in [3.05, 3.63) is 33.1 Å². The highest BCUT2D eigenvalue weighted by Crippen LogP contribution is 2.03. The number of rotatable bonds is 1. The summed E-state index contributed by atoms with van der Waals surface area (Å²) >= 11 is 5.60. The molecule has 0 aliphatic carbocycles. The number of hydrogen-bond acceptors (Lipinski definition) is 2. The van der Waals surface area contributed by atoms with E-state index in [1.54, 1.807) is 6.92 Å². The number of alkyl halides is 1. The van der Waals surface area contributed by atoms with Crippen LogP contribution in [0.4, 0.5) is 0 Å². The van der Waals surface area contributed by atoms with Gasteiger partial charge in [0.05, 0.1) is 0 Å². The molecule has 0 aliphatic rings. The van der Waals surface area contributed by atoms with Gasteiger partial charge in [0.2, 0.25) is 0 Å². The molecule has 1 atom stereocenters. The van der Waals surface area contributed by atoms with Crippen molar-refractivity contribution in [2.75, 3.05) is 0 Å². The maximum Gasteiger partial charge on any atom is 0.329 e. The van der Waals surface area contributed by atoms with Gasteiger partial charge < -0.3 is 0 Å². The Morgan fingerprint density at radius 3 is 2.73 bits per heavy atom. The molecular weight excluding hydrogens is 168 g/mol. The Morgan fingerprint density at radius 1 is 1.64 bits per heavy atom. The third kappa shape index (κ3) is 1.71. The van der Waals surface area contributed by atoms with E-state index in [0.717, 1.165) is 0 Å². The van der Waals surface area contributed by atoms with Gasteiger partial charge in [-0.2, -0.15) is 0 Å². The Morgan fingerprint density at radius 2 is 2.27 bits per heavy atom. The van der Waals surface area contributed by atoms with E-state index in [1.165, 1.54) is 16.8 Å². The highest BCUT2D eigenvalue weighted by molar-refractivity contribution is 6.18. The maximum atomic E-state index is 10.9. The molecule has 1 unspecified atom stereocenters. The second-order valence-electron chi connectivity index (χ2n) is 2.09. The average molecular weight is 175 g/mol. The lowest BCUT2D eigenvalue weighted by Gasteiger charge is -2.04. The quantitative estimate of drug-likeness (QED) is 0.623. The van der Waals surface area contributed by atoms with E-state index in [4.69, 9.17) is 11.6 Å². The lowest BCUT2D eigenvalue weighted by atomic mass is 10.6. The van der Waals surface area contributed by atoms with Gasteiger partial charge in [0.25, 0.3) is 5.56 Å². The van der Waals surface area contributed by atoms with Gasteiger partial charge in [0, 0.05) is 12.3 Å². The molecule has 0 saturated heterocycles. The molecule has 0 bridgehead atoms. The SMILES string of the molecule is CC(Cl)n1ccc(=O)[nH]c1=O. The van der Waals surface area contributed by atoms with E-state index in [9.17, 15) is 9.59 Å². The first kappa shape index (κ1) is 8.07. The van der Waals surface area contributed by atoms with E-state index in [0.29, 0.717) is 0 Å². The van der Waals surface area contributed by atoms with Crippen LogP contribution >= 0.6 is 11.6 Å². The van der Waals surface area contributed by atoms with Crippen LogP contribution in [0.1, 0.15) is 12.4 Å². The third-order valence-electron chi connectivity index (χ3n) is 1.23. The van der Waals surface area contributed by atoms with Crippen LogP contribution in [-0.4, -0.2) is 9.55 Å². The van der Waals surface area contributed by atoms with E-state index < -0.39 is 16.8 Å². The first-order valence-corrected chi connectivity index (χ1v) is 3.50. The fourth-order valence-electron chi connectivity index (χ4n) is 0.707. The molecule has 0 saturated carbocycles. The molecule has 4 nitrogen and oxygen atoms in total. The first-order chi connectivity index (χ1) is 5.11. The maximum absolute atomic E-state index is 10.9. The lowest BCUT2D eigenvalue weighted by molar-refractivity contribution is 0.666. The van der Waals surface area contributed by atoms with E-state index >= 15 is 0 Å². The van der Waals surface area contributed by atoms with Crippen molar-refractivity contribution >= 4 is 11.6 Å². The standard InChI is InChI=1S/C6H7ClN2O2/c1-4(7)9-3-2-5(10)8-6(9)11/h2-4H,1H3,(H,8,10,11). The zero-order chi connectivity index (χ0) is 8.43. The van der Waals surface area contributed by atoms with E-state index in [-0.39, 0.29) is 0 Å². The average Bonchev–Trinajstić information content (AvgIpc) is 1.85. The summed E-state index contributed by atoms with van der Waals surface area (Å²) in [6.07, 6.45) is 1.36. The van der Waals surface area contributed by atoms with E-state index in [1.807, 2.05) is 0 Å². The minimum atomic E-state index is -0.486. The van der Waals surface area contributed by atoms with Gasteiger partial charge in [-0.1, -0.05) is 11.6 Å². The molecule has 60 valence electrons. The van der Waals surface area contributed by atoms with Crippen molar-refractivity contribution in [2.45, 2.75) is 12.4 Å². The molecule has 1 N–H and O–H groups in total. The number of aromatic nitrogens is 2. The van der Waals surface area contributed by atoms with Crippen LogP contribution in [0.25, 0.3) is 0 Å². The normalized spacial score (nSPS) is 12.9. The van der Waals surface area contributed by atoms with Crippen LogP contribution in [0.15, 0.2) is 21.9 Å². The summed E-state index contributed by atoms with van der Waals surface area (Å²) < 4.78 is 1.23. The van der Waals surface area contributed by atoms with Crippen molar-refractivity contribution < 1.29 is 0 Å². The second kappa shape index (κ2) is 2.92. The fraction of sp³-hybridized carbons (Fsp3) is 0.333. The predicted octanol–water partition coefficient (Wildman–Crippen LogP) is 0.294. The Labute approximate surface area is 67.4 Å². The molecule has 1 rings (SSSR count). The van der Waals surface area contributed by atoms with Crippen LogP contribution in [0.2, 0.25) is 0 Å². The zero-order valence-corrected chi connectivity index (χ0v) is 6.63. The van der Waals surface area contributed by atoms with Crippen LogP contribution in [-0.2, 0) is 0 Å². The molecule has 0 radical (unpaired) electrons. The van der Waals surface area contributed by atoms with Crippen molar-refractivity contribution in [3.8, 4) is 0 Å². The Kier molecular flexibility index (Phi) is 2.14. The predicted molar refractivity (Wildman–Crippen MR) is 41.9 cm³/mol. The Bertz CT molecular complexity index is 352. The Balaban J connectivity index is 3.32. The largest absolute Gasteiger partial charge is 0.329 e. The second-order valence-corrected chi connectivity index (χ2v) is 2.72. The van der Waals surface area contributed by atoms with E-state index in [2.05, 4.69) is 4.98 Å². The molecule has 1 aromatic rings. The van der Waals surface area contributed by atoms with Crippen molar-refractivity contribution in [2.24, 2.45) is 0 Å². The summed E-state index contributed by atoms with van der Waals surface area (Å²) in [5.41, 5.74) is -1.34. The van der Waals surface area contributed by atoms with Gasteiger partial charge in [-0.05, 0) is 6.92 Å². The van der Waals surface area contributed by atoms with Crippen LogP contribution < -0.4 is 11.2 Å². The summed E-state index contributed by atoms with van der Waals surface area (Å²) in [4.78, 5) is 23.5. The van der Waals surface area contributed by atoms with Gasteiger partial charge >= 0.3 is 5.69 Å². The van der Waals surface area contributed by atoms with Gasteiger partial charge in [-0.15, -0.1) is 0 Å². The molecular formula is C6H7ClN2O2. The van der Waals surface area contributed by atoms with Crippen molar-refractivity contribution in [3.63, 3.8) is 0 Å². The van der Waals surface area contributed by atoms with Crippen LogP contribution in [0.3, 0.4) is 0 Å². The number of hydrogen-bond donors (Lipinski definition) is 1. The number of H-pyrrole nitrogens is 1. The first-order valence-electron chi connectivity index (χ1n) is 3.07. The highest BCUT2D eigenvalue weighted by Gasteiger charge is 2.00. The number of nitrogens with zero attached hydrogens (tertiary/aromatic N) is 1. The van der Waals surface area contributed by atoms with Crippen molar-refractivity contribution in [1.29, 1.82) is 0 Å². The molecule has 1 heterocycles. The third-order valence-corrected chi connectivity index (χ3v) is 1.44. The minimum absolute atomic E-state index is 0.413. The van der Waals surface area contributed by atoms with Gasteiger partial charge in [0.15, 0.2) is 0 Å². The Hall–Kier alpha value is -1.03. The lowest BCUT2D eigenvalue weighted by Crippen LogP contribution is -2.28. The topological polar surface area (TPSA) is 54.9 Å². The number of aromatic amines is 1. The highest BCUT2D eigenvalue weighted by atomic mass is 35.5. The van der Waals surface area contributed by atoms with Gasteiger partial charge in [-0.3, -0.25) is 14.3 Å². The van der Waals surface area contributed by atoms with Crippen LogP contribution in [0, 0.1) is 0 Å². The molecule has 0 fully saturated rings. The summed E-state index contributed by atoms with van der Waals surface area (Å²) in [5.74, 6) is 0. The fourth-order valence-corrected chi connectivity index (χ4v) is 0.861. The summed E-state index contributed by atoms with van der Waals surface area (Å²) in [6.45, 7) is 1.64. The van der Waals surface area contributed by atoms with Gasteiger partial charge in [-0.25, -0.2) is 4.79 Å². The number of nitrogens with one attached hydrogen (secondary N) is 1. The smallest absolute Gasteiger partial charge is 0.284 e. The molecule has 11 heavy (non-hydrogen) atoms.